The molecule has 0 radical (unpaired) electrons. The van der Waals surface area contributed by atoms with Gasteiger partial charge in [-0.05, 0) is 12.1 Å². The Kier molecular flexibility index (Phi) is 2.10. The molecule has 0 aliphatic heterocycles. The molecule has 3 N–H and O–H groups in total. The summed E-state index contributed by atoms with van der Waals surface area (Å²) in [6.45, 7) is 1.50. The Labute approximate surface area is 70.0 Å². The van der Waals surface area contributed by atoms with Crippen LogP contribution in [0.2, 0.25) is 0 Å². The van der Waals surface area contributed by atoms with Crippen LogP contribution in [0, 0.1) is 0 Å². The Morgan fingerprint density at radius 2 is 2.08 bits per heavy atom. The van der Waals surface area contributed by atoms with Crippen LogP contribution in [0.15, 0.2) is 24.5 Å². The minimum Gasteiger partial charge on any atom is -0.543 e. The number of carbonyl (C=O) groups excluding carboxylic acids is 1. The van der Waals surface area contributed by atoms with Crippen molar-refractivity contribution in [3.8, 4) is 0 Å². The summed E-state index contributed by atoms with van der Waals surface area (Å²) in [4.78, 5) is 14.4. The quantitative estimate of drug-likeness (QED) is 0.568. The van der Waals surface area contributed by atoms with Gasteiger partial charge in [0, 0.05) is 24.9 Å². The molecule has 1 aromatic heterocycles. The average molecular weight is 166 g/mol. The summed E-state index contributed by atoms with van der Waals surface area (Å²) in [6, 6.07) is 3.23. The maximum absolute atomic E-state index is 10.6. The number of aromatic nitrogens is 1. The van der Waals surface area contributed by atoms with Crippen molar-refractivity contribution < 1.29 is 15.6 Å². The lowest BCUT2D eigenvalue weighted by Gasteiger charge is -2.21. The molecule has 0 fully saturated rings. The lowest BCUT2D eigenvalue weighted by Crippen LogP contribution is -2.75. The van der Waals surface area contributed by atoms with Crippen LogP contribution in [-0.2, 0) is 10.3 Å². The Hall–Kier alpha value is -1.42. The van der Waals surface area contributed by atoms with Crippen molar-refractivity contribution in [3.63, 3.8) is 0 Å². The number of rotatable bonds is 2. The molecule has 0 spiro atoms. The molecule has 0 saturated heterocycles. The van der Waals surface area contributed by atoms with E-state index < -0.39 is 11.5 Å². The Bertz CT molecular complexity index is 282. The third-order valence-corrected chi connectivity index (χ3v) is 1.77. The van der Waals surface area contributed by atoms with Gasteiger partial charge in [-0.25, -0.2) is 0 Å². The lowest BCUT2D eigenvalue weighted by atomic mass is 9.95. The highest BCUT2D eigenvalue weighted by Crippen LogP contribution is 2.12. The van der Waals surface area contributed by atoms with Crippen LogP contribution in [0.5, 0.6) is 0 Å². The third kappa shape index (κ3) is 1.43. The van der Waals surface area contributed by atoms with Crippen molar-refractivity contribution in [2.24, 2.45) is 0 Å². The number of carboxylic acid groups (broad SMARTS) is 1. The number of nitrogens with zero attached hydrogens (tertiary/aromatic N) is 1. The zero-order chi connectivity index (χ0) is 9.19. The van der Waals surface area contributed by atoms with Gasteiger partial charge in [0.05, 0.1) is 0 Å². The SMILES string of the molecule is C[C@@]([NH3+])(C(=O)[O-])c1ccncc1. The molecular weight excluding hydrogens is 156 g/mol. The van der Waals surface area contributed by atoms with Gasteiger partial charge in [0.2, 0.25) is 0 Å². The lowest BCUT2D eigenvalue weighted by molar-refractivity contribution is -0.489. The largest absolute Gasteiger partial charge is 0.543 e. The van der Waals surface area contributed by atoms with Crippen LogP contribution < -0.4 is 10.8 Å². The second-order valence-electron chi connectivity index (χ2n) is 2.86. The van der Waals surface area contributed by atoms with Crippen molar-refractivity contribution in [1.29, 1.82) is 0 Å². The van der Waals surface area contributed by atoms with Gasteiger partial charge in [-0.15, -0.1) is 0 Å². The fourth-order valence-electron chi connectivity index (χ4n) is 0.838. The van der Waals surface area contributed by atoms with Crippen LogP contribution in [0.25, 0.3) is 0 Å². The van der Waals surface area contributed by atoms with Crippen molar-refractivity contribution in [3.05, 3.63) is 30.1 Å². The van der Waals surface area contributed by atoms with E-state index in [1.165, 1.54) is 19.3 Å². The Balaban J connectivity index is 3.06. The maximum atomic E-state index is 10.6. The van der Waals surface area contributed by atoms with Crippen LogP contribution in [0.1, 0.15) is 12.5 Å². The summed E-state index contributed by atoms with van der Waals surface area (Å²) in [6.07, 6.45) is 3.06. The van der Waals surface area contributed by atoms with Gasteiger partial charge in [-0.3, -0.25) is 4.98 Å². The van der Waals surface area contributed by atoms with E-state index in [4.69, 9.17) is 0 Å². The number of hydrogen-bond donors (Lipinski definition) is 1. The molecule has 1 aromatic rings. The predicted molar refractivity (Wildman–Crippen MR) is 39.5 cm³/mol. The number of quaternary nitrogens is 1. The normalized spacial score (nSPS) is 15.2. The highest BCUT2D eigenvalue weighted by Gasteiger charge is 2.26. The average Bonchev–Trinajstić information content (AvgIpc) is 2.06. The van der Waals surface area contributed by atoms with Crippen LogP contribution in [0.3, 0.4) is 0 Å². The number of aliphatic carboxylic acids is 1. The van der Waals surface area contributed by atoms with Gasteiger partial charge in [-0.1, -0.05) is 0 Å². The molecule has 0 amide bonds. The van der Waals surface area contributed by atoms with E-state index in [-0.39, 0.29) is 0 Å². The highest BCUT2D eigenvalue weighted by molar-refractivity contribution is 5.75. The standard InChI is InChI=1S/C8H10N2O2/c1-8(9,7(11)12)6-2-4-10-5-3-6/h2-5H,9H2,1H3,(H,11,12)/t8-/m0/s1. The second kappa shape index (κ2) is 2.91. The molecule has 4 nitrogen and oxygen atoms in total. The summed E-state index contributed by atoms with van der Waals surface area (Å²) in [5, 5.41) is 10.6. The zero-order valence-corrected chi connectivity index (χ0v) is 6.78. The van der Waals surface area contributed by atoms with Crippen molar-refractivity contribution in [1.82, 2.24) is 4.98 Å². The summed E-state index contributed by atoms with van der Waals surface area (Å²) < 4.78 is 0. The first-order chi connectivity index (χ1) is 5.55. The van der Waals surface area contributed by atoms with Gasteiger partial charge in [-0.2, -0.15) is 0 Å². The van der Waals surface area contributed by atoms with Crippen molar-refractivity contribution in [2.75, 3.05) is 0 Å². The molecule has 64 valence electrons. The first-order valence-corrected chi connectivity index (χ1v) is 3.52. The van der Waals surface area contributed by atoms with Crippen molar-refractivity contribution >= 4 is 5.97 Å². The minimum absolute atomic E-state index is 0.595. The minimum atomic E-state index is -1.19. The van der Waals surface area contributed by atoms with Crippen LogP contribution in [-0.4, -0.2) is 11.0 Å². The zero-order valence-electron chi connectivity index (χ0n) is 6.78. The van der Waals surface area contributed by atoms with E-state index in [0.29, 0.717) is 5.56 Å². The summed E-state index contributed by atoms with van der Waals surface area (Å²) in [7, 11) is 0. The number of hydrogen-bond acceptors (Lipinski definition) is 3. The molecule has 4 heteroatoms. The van der Waals surface area contributed by atoms with Gasteiger partial charge in [0.1, 0.15) is 5.97 Å². The fourth-order valence-corrected chi connectivity index (χ4v) is 0.838. The second-order valence-corrected chi connectivity index (χ2v) is 2.86. The smallest absolute Gasteiger partial charge is 0.157 e. The summed E-state index contributed by atoms with van der Waals surface area (Å²) in [5.41, 5.74) is 2.95. The first kappa shape index (κ1) is 8.67. The van der Waals surface area contributed by atoms with Gasteiger partial charge in [0.25, 0.3) is 0 Å². The molecule has 1 rings (SSSR count). The monoisotopic (exact) mass is 166 g/mol. The number of carbonyl (C=O) groups is 1. The van der Waals surface area contributed by atoms with E-state index >= 15 is 0 Å². The van der Waals surface area contributed by atoms with Gasteiger partial charge in [0.15, 0.2) is 5.54 Å². The molecule has 0 aromatic carbocycles. The third-order valence-electron chi connectivity index (χ3n) is 1.77. The van der Waals surface area contributed by atoms with E-state index in [1.807, 2.05) is 0 Å². The van der Waals surface area contributed by atoms with Crippen LogP contribution in [0.4, 0.5) is 0 Å². The van der Waals surface area contributed by atoms with E-state index in [9.17, 15) is 9.90 Å². The van der Waals surface area contributed by atoms with E-state index in [1.54, 1.807) is 12.1 Å². The molecule has 0 aliphatic carbocycles. The first-order valence-electron chi connectivity index (χ1n) is 3.52. The molecule has 0 bridgehead atoms. The molecule has 0 aliphatic rings. The van der Waals surface area contributed by atoms with Gasteiger partial charge >= 0.3 is 0 Å². The maximum Gasteiger partial charge on any atom is 0.157 e. The van der Waals surface area contributed by atoms with Gasteiger partial charge < -0.3 is 15.6 Å². The van der Waals surface area contributed by atoms with Crippen LogP contribution >= 0.6 is 0 Å². The highest BCUT2D eigenvalue weighted by atomic mass is 16.4. The molecule has 0 saturated carbocycles. The molecule has 1 heterocycles. The summed E-state index contributed by atoms with van der Waals surface area (Å²) in [5.74, 6) is -1.19. The fraction of sp³-hybridized carbons (Fsp3) is 0.250. The number of pyridine rings is 1. The Morgan fingerprint density at radius 3 is 2.50 bits per heavy atom. The molecule has 1 atom stereocenters. The predicted octanol–water partition coefficient (Wildman–Crippen LogP) is -1.71. The molecule has 12 heavy (non-hydrogen) atoms. The summed E-state index contributed by atoms with van der Waals surface area (Å²) >= 11 is 0. The number of carboxylic acids is 1. The molecule has 0 unspecified atom stereocenters. The Morgan fingerprint density at radius 1 is 1.58 bits per heavy atom. The van der Waals surface area contributed by atoms with Crippen molar-refractivity contribution in [2.45, 2.75) is 12.5 Å². The molecular formula is C8H10N2O2. The van der Waals surface area contributed by atoms with E-state index in [2.05, 4.69) is 10.7 Å². The van der Waals surface area contributed by atoms with E-state index in [0.717, 1.165) is 0 Å². The topological polar surface area (TPSA) is 80.7 Å².